The fraction of sp³-hybridized carbons (Fsp3) is 0. The van der Waals surface area contributed by atoms with Crippen molar-refractivity contribution >= 4 is 16.9 Å². The van der Waals surface area contributed by atoms with Crippen LogP contribution in [0, 0.1) is 0 Å². The summed E-state index contributed by atoms with van der Waals surface area (Å²) in [5.74, 6) is -0.0743. The molecule has 4 aromatic carbocycles. The number of benzene rings is 4. The van der Waals surface area contributed by atoms with Gasteiger partial charge in [-0.2, -0.15) is 0 Å². The van der Waals surface area contributed by atoms with E-state index in [0.717, 1.165) is 22.3 Å². The summed E-state index contributed by atoms with van der Waals surface area (Å²) in [5, 5.41) is 0. The summed E-state index contributed by atoms with van der Waals surface area (Å²) in [6, 6.07) is 39.1. The molecule has 0 atom stereocenters. The van der Waals surface area contributed by atoms with Crippen molar-refractivity contribution in [3.05, 3.63) is 155 Å². The van der Waals surface area contributed by atoms with Crippen molar-refractivity contribution in [2.24, 2.45) is 0 Å². The molecule has 0 fully saturated rings. The molecule has 1 heteroatoms. The lowest BCUT2D eigenvalue weighted by Crippen LogP contribution is -2.01. The van der Waals surface area contributed by atoms with Gasteiger partial charge < -0.3 is 0 Å². The maximum atomic E-state index is 13.3. The SMILES string of the molecule is O=C(C(=C=C=C(c1ccccc1)c1ccccc1)c1ccccc1)c1ccccc1. The molecule has 0 radical (unpaired) electrons. The standard InChI is InChI=1S/C29H20O/c30-29(26-19-11-4-12-20-26)28(25-17-9-3-10-18-25)22-21-27(23-13-5-1-6-14-23)24-15-7-2-8-16-24/h1-20H. The zero-order chi connectivity index (χ0) is 20.6. The van der Waals surface area contributed by atoms with Crippen molar-refractivity contribution in [2.75, 3.05) is 0 Å². The van der Waals surface area contributed by atoms with E-state index in [1.54, 1.807) is 0 Å². The highest BCUT2D eigenvalue weighted by atomic mass is 16.1. The Labute approximate surface area is 177 Å². The fourth-order valence-corrected chi connectivity index (χ4v) is 3.24. The van der Waals surface area contributed by atoms with E-state index >= 15 is 0 Å². The number of hydrogen-bond acceptors (Lipinski definition) is 1. The molecule has 142 valence electrons. The summed E-state index contributed by atoms with van der Waals surface area (Å²) in [4.78, 5) is 13.3. The third-order valence-corrected chi connectivity index (χ3v) is 4.76. The smallest absolute Gasteiger partial charge is 0.202 e. The van der Waals surface area contributed by atoms with Gasteiger partial charge in [0.05, 0.1) is 5.57 Å². The summed E-state index contributed by atoms with van der Waals surface area (Å²) in [6.45, 7) is 0. The van der Waals surface area contributed by atoms with Crippen molar-refractivity contribution < 1.29 is 4.79 Å². The quantitative estimate of drug-likeness (QED) is 0.209. The van der Waals surface area contributed by atoms with Gasteiger partial charge >= 0.3 is 0 Å². The molecule has 1 nitrogen and oxygen atoms in total. The number of allylic oxidation sites excluding steroid dienone is 1. The zero-order valence-corrected chi connectivity index (χ0v) is 16.5. The normalized spacial score (nSPS) is 9.87. The second-order valence-electron chi connectivity index (χ2n) is 6.79. The number of carbonyl (C=O) groups is 1. The molecule has 0 saturated heterocycles. The molecule has 0 N–H and O–H groups in total. The minimum Gasteiger partial charge on any atom is -0.288 e. The number of Topliss-reactive ketones (excluding diaryl/α,β-unsaturated/α-hetero) is 1. The Bertz CT molecular complexity index is 1180. The molecular formula is C29H20O. The van der Waals surface area contributed by atoms with Gasteiger partial charge in [-0.05, 0) is 16.7 Å². The van der Waals surface area contributed by atoms with Gasteiger partial charge in [-0.3, -0.25) is 4.79 Å². The van der Waals surface area contributed by atoms with Crippen LogP contribution < -0.4 is 0 Å². The highest BCUT2D eigenvalue weighted by Crippen LogP contribution is 2.23. The molecule has 0 aliphatic carbocycles. The van der Waals surface area contributed by atoms with E-state index in [-0.39, 0.29) is 5.78 Å². The molecule has 4 aromatic rings. The Kier molecular flexibility index (Phi) is 5.99. The highest BCUT2D eigenvalue weighted by Gasteiger charge is 2.13. The van der Waals surface area contributed by atoms with E-state index in [1.807, 2.05) is 121 Å². The fourth-order valence-electron chi connectivity index (χ4n) is 3.24. The second-order valence-corrected chi connectivity index (χ2v) is 6.79. The first-order chi connectivity index (χ1) is 14.8. The lowest BCUT2D eigenvalue weighted by molar-refractivity contribution is 0.105. The average Bonchev–Trinajstić information content (AvgIpc) is 2.84. The predicted octanol–water partition coefficient (Wildman–Crippen LogP) is 6.84. The maximum Gasteiger partial charge on any atom is 0.202 e. The molecule has 4 rings (SSSR count). The van der Waals surface area contributed by atoms with Crippen molar-refractivity contribution in [2.45, 2.75) is 0 Å². The van der Waals surface area contributed by atoms with E-state index in [0.29, 0.717) is 11.1 Å². The Hall–Kier alpha value is -4.15. The van der Waals surface area contributed by atoms with Gasteiger partial charge in [0.15, 0.2) is 0 Å². The second kappa shape index (κ2) is 9.37. The van der Waals surface area contributed by atoms with Crippen molar-refractivity contribution in [3.63, 3.8) is 0 Å². The van der Waals surface area contributed by atoms with E-state index < -0.39 is 0 Å². The van der Waals surface area contributed by atoms with Crippen molar-refractivity contribution in [1.29, 1.82) is 0 Å². The molecule has 0 aliphatic heterocycles. The van der Waals surface area contributed by atoms with Crippen LogP contribution in [0.3, 0.4) is 0 Å². The van der Waals surface area contributed by atoms with Crippen molar-refractivity contribution in [1.82, 2.24) is 0 Å². The molecule has 0 spiro atoms. The lowest BCUT2D eigenvalue weighted by Gasteiger charge is -2.06. The topological polar surface area (TPSA) is 17.1 Å². The van der Waals surface area contributed by atoms with Gasteiger partial charge in [0, 0.05) is 11.1 Å². The third-order valence-electron chi connectivity index (χ3n) is 4.76. The summed E-state index contributed by atoms with van der Waals surface area (Å²) in [7, 11) is 0. The van der Waals surface area contributed by atoms with Crippen LogP contribution in [0.15, 0.2) is 133 Å². The molecule has 0 bridgehead atoms. The molecule has 0 saturated carbocycles. The van der Waals surface area contributed by atoms with Gasteiger partial charge in [-0.15, -0.1) is 0 Å². The minimum atomic E-state index is -0.0743. The number of carbonyl (C=O) groups excluding carboxylic acids is 1. The molecule has 0 aromatic heterocycles. The summed E-state index contributed by atoms with van der Waals surface area (Å²) in [5.41, 5.74) is 11.4. The van der Waals surface area contributed by atoms with Crippen LogP contribution >= 0.6 is 0 Å². The van der Waals surface area contributed by atoms with Crippen molar-refractivity contribution in [3.8, 4) is 0 Å². The van der Waals surface area contributed by atoms with E-state index in [2.05, 4.69) is 11.5 Å². The van der Waals surface area contributed by atoms with Gasteiger partial charge in [0.2, 0.25) is 5.78 Å². The third kappa shape index (κ3) is 4.46. The zero-order valence-electron chi connectivity index (χ0n) is 16.5. The van der Waals surface area contributed by atoms with Gasteiger partial charge in [0.25, 0.3) is 0 Å². The molecular weight excluding hydrogens is 364 g/mol. The molecule has 0 amide bonds. The molecule has 30 heavy (non-hydrogen) atoms. The minimum absolute atomic E-state index is 0.0743. The molecule has 0 unspecified atom stereocenters. The van der Waals surface area contributed by atoms with Crippen LogP contribution in [-0.2, 0) is 0 Å². The van der Waals surface area contributed by atoms with Crippen LogP contribution in [0.5, 0.6) is 0 Å². The van der Waals surface area contributed by atoms with E-state index in [1.165, 1.54) is 0 Å². The summed E-state index contributed by atoms with van der Waals surface area (Å²) >= 11 is 0. The van der Waals surface area contributed by atoms with E-state index in [9.17, 15) is 4.79 Å². The molecule has 0 heterocycles. The van der Waals surface area contributed by atoms with Gasteiger partial charge in [-0.1, -0.05) is 133 Å². The lowest BCUT2D eigenvalue weighted by atomic mass is 9.96. The molecule has 0 aliphatic rings. The largest absolute Gasteiger partial charge is 0.288 e. The maximum absolute atomic E-state index is 13.3. The van der Waals surface area contributed by atoms with Crippen LogP contribution in [0.1, 0.15) is 27.0 Å². The highest BCUT2D eigenvalue weighted by molar-refractivity contribution is 6.28. The Morgan fingerprint density at radius 1 is 0.433 bits per heavy atom. The number of hydrogen-bond donors (Lipinski definition) is 0. The Morgan fingerprint density at radius 3 is 1.23 bits per heavy atom. The first-order valence-corrected chi connectivity index (χ1v) is 9.85. The van der Waals surface area contributed by atoms with Gasteiger partial charge in [-0.25, -0.2) is 0 Å². The average molecular weight is 384 g/mol. The predicted molar refractivity (Wildman–Crippen MR) is 123 cm³/mol. The van der Waals surface area contributed by atoms with Crippen LogP contribution in [0.4, 0.5) is 0 Å². The summed E-state index contributed by atoms with van der Waals surface area (Å²) < 4.78 is 0. The number of rotatable bonds is 5. The van der Waals surface area contributed by atoms with Crippen LogP contribution in [-0.4, -0.2) is 5.78 Å². The van der Waals surface area contributed by atoms with E-state index in [4.69, 9.17) is 0 Å². The Balaban J connectivity index is 1.98. The first kappa shape index (κ1) is 19.2. The monoisotopic (exact) mass is 384 g/mol. The first-order valence-electron chi connectivity index (χ1n) is 9.85. The Morgan fingerprint density at radius 2 is 0.800 bits per heavy atom. The van der Waals surface area contributed by atoms with Crippen LogP contribution in [0.25, 0.3) is 11.1 Å². The summed E-state index contributed by atoms with van der Waals surface area (Å²) in [6.07, 6.45) is 0. The number of ketones is 1. The van der Waals surface area contributed by atoms with Crippen LogP contribution in [0.2, 0.25) is 0 Å². The van der Waals surface area contributed by atoms with Gasteiger partial charge in [0.1, 0.15) is 0 Å².